The van der Waals surface area contributed by atoms with Crippen molar-refractivity contribution in [2.24, 2.45) is 0 Å². The molecule has 0 bridgehead atoms. The standard InChI is InChI=1S/C72H131O24P/c1-4-7-10-13-16-19-22-25-27-30-32-35-38-41-44-47-57(75)89-52-55-60(78)62(80)67(85)72(93-55)95-69-65(83)63(81)64(82)68(94-71-66(84)61(79)59(77)54(49-73)92-71)70(69)96-97(86,87)90-51-53(91-58(76)48-45-42-39-36-33-28-24-21-18-15-12-9-6-3)50-88-56(74)46-43-40-37-34-31-29-26-23-20-17-14-11-8-5-2/h28-29,31,33,53-55,59-73,77-85H,4-27,30,32,34-52H2,1-3H3,(H,86,87)/b31-29-,33-28-. The Morgan fingerprint density at radius 3 is 1.12 bits per heavy atom. The summed E-state index contributed by atoms with van der Waals surface area (Å²) in [5.41, 5.74) is 0. The third-order valence-corrected chi connectivity index (χ3v) is 19.4. The maximum absolute atomic E-state index is 14.3. The zero-order valence-electron chi connectivity index (χ0n) is 59.1. The van der Waals surface area contributed by atoms with E-state index in [1.807, 2.05) is 0 Å². The molecule has 3 aliphatic rings. The van der Waals surface area contributed by atoms with Crippen LogP contribution in [0.15, 0.2) is 24.3 Å². The van der Waals surface area contributed by atoms with Gasteiger partial charge in [-0.3, -0.25) is 23.4 Å². The summed E-state index contributed by atoms with van der Waals surface area (Å²) >= 11 is 0. The smallest absolute Gasteiger partial charge is 0.463 e. The van der Waals surface area contributed by atoms with E-state index in [-0.39, 0.29) is 19.3 Å². The maximum atomic E-state index is 14.3. The monoisotopic (exact) mass is 1410 g/mol. The van der Waals surface area contributed by atoms with E-state index in [9.17, 15) is 74.9 Å². The van der Waals surface area contributed by atoms with Gasteiger partial charge >= 0.3 is 25.7 Å². The average Bonchev–Trinajstić information content (AvgIpc) is 0.764. The number of carbonyl (C=O) groups is 3. The van der Waals surface area contributed by atoms with Gasteiger partial charge in [-0.25, -0.2) is 4.57 Å². The van der Waals surface area contributed by atoms with Crippen LogP contribution in [0.5, 0.6) is 0 Å². The summed E-state index contributed by atoms with van der Waals surface area (Å²) in [4.78, 5) is 50.9. The molecule has 0 aromatic carbocycles. The Morgan fingerprint density at radius 2 is 0.722 bits per heavy atom. The van der Waals surface area contributed by atoms with Crippen LogP contribution in [0.1, 0.15) is 284 Å². The van der Waals surface area contributed by atoms with Crippen LogP contribution in [0.4, 0.5) is 0 Å². The Bertz CT molecular complexity index is 2110. The molecular weight excluding hydrogens is 1280 g/mol. The van der Waals surface area contributed by atoms with Crippen molar-refractivity contribution in [3.63, 3.8) is 0 Å². The fraction of sp³-hybridized carbons (Fsp3) is 0.903. The van der Waals surface area contributed by atoms with Gasteiger partial charge in [0.05, 0.1) is 13.2 Å². The second-order valence-electron chi connectivity index (χ2n) is 27.0. The number of carbonyl (C=O) groups excluding carboxylic acids is 3. The summed E-state index contributed by atoms with van der Waals surface area (Å²) in [6.07, 6.45) is 14.0. The Hall–Kier alpha value is -2.56. The molecule has 0 aromatic rings. The summed E-state index contributed by atoms with van der Waals surface area (Å²) in [5.74, 6) is -2.02. The van der Waals surface area contributed by atoms with E-state index in [4.69, 9.17) is 42.2 Å². The third-order valence-electron chi connectivity index (χ3n) is 18.5. The van der Waals surface area contributed by atoms with E-state index in [0.717, 1.165) is 89.9 Å². The minimum absolute atomic E-state index is 0.0224. The molecule has 3 fully saturated rings. The fourth-order valence-corrected chi connectivity index (χ4v) is 13.2. The van der Waals surface area contributed by atoms with Gasteiger partial charge in [0.1, 0.15) is 98.7 Å². The second kappa shape index (κ2) is 54.1. The molecule has 18 atom stereocenters. The first-order valence-corrected chi connectivity index (χ1v) is 39.1. The number of phosphoric ester groups is 1. The molecule has 25 heteroatoms. The minimum atomic E-state index is -5.70. The van der Waals surface area contributed by atoms with Gasteiger partial charge < -0.3 is 89.1 Å². The number of phosphoric acid groups is 1. The van der Waals surface area contributed by atoms with Crippen LogP contribution in [0.3, 0.4) is 0 Å². The first-order valence-electron chi connectivity index (χ1n) is 37.6. The van der Waals surface area contributed by atoms with Gasteiger partial charge in [-0.15, -0.1) is 0 Å². The van der Waals surface area contributed by atoms with Crippen molar-refractivity contribution >= 4 is 25.7 Å². The average molecular weight is 1410 g/mol. The van der Waals surface area contributed by atoms with Crippen LogP contribution in [0.2, 0.25) is 0 Å². The summed E-state index contributed by atoms with van der Waals surface area (Å²) in [6, 6.07) is 0. The Labute approximate surface area is 579 Å². The van der Waals surface area contributed by atoms with Crippen molar-refractivity contribution in [1.82, 2.24) is 0 Å². The molecule has 97 heavy (non-hydrogen) atoms. The molecule has 568 valence electrons. The molecule has 2 aliphatic heterocycles. The van der Waals surface area contributed by atoms with Crippen LogP contribution in [0, 0.1) is 0 Å². The normalized spacial score (nSPS) is 27.9. The molecule has 0 radical (unpaired) electrons. The number of aliphatic hydroxyl groups excluding tert-OH is 10. The van der Waals surface area contributed by atoms with Gasteiger partial charge in [-0.05, 0) is 70.6 Å². The van der Waals surface area contributed by atoms with E-state index < -0.39 is 156 Å². The summed E-state index contributed by atoms with van der Waals surface area (Å²) < 4.78 is 64.9. The Balaban J connectivity index is 1.74. The Kier molecular flexibility index (Phi) is 49.5. The first-order chi connectivity index (χ1) is 46.8. The van der Waals surface area contributed by atoms with Gasteiger partial charge in [-0.2, -0.15) is 0 Å². The minimum Gasteiger partial charge on any atom is -0.463 e. The molecule has 0 amide bonds. The molecule has 0 aromatic heterocycles. The van der Waals surface area contributed by atoms with E-state index in [0.29, 0.717) is 25.7 Å². The lowest BCUT2D eigenvalue weighted by atomic mass is 9.84. The molecule has 1 saturated carbocycles. The number of ether oxygens (including phenoxy) is 7. The quantitative estimate of drug-likeness (QED) is 0.00886. The molecule has 24 nitrogen and oxygen atoms in total. The highest BCUT2D eigenvalue weighted by Crippen LogP contribution is 2.49. The molecule has 1 aliphatic carbocycles. The van der Waals surface area contributed by atoms with E-state index >= 15 is 0 Å². The van der Waals surface area contributed by atoms with Crippen LogP contribution in [-0.2, 0) is 61.2 Å². The highest BCUT2D eigenvalue weighted by atomic mass is 31.2. The van der Waals surface area contributed by atoms with Crippen LogP contribution >= 0.6 is 7.82 Å². The van der Waals surface area contributed by atoms with Crippen molar-refractivity contribution < 1.29 is 117 Å². The summed E-state index contributed by atoms with van der Waals surface area (Å²) in [6.45, 7) is 3.40. The molecule has 18 unspecified atom stereocenters. The fourth-order valence-electron chi connectivity index (χ4n) is 12.3. The summed E-state index contributed by atoms with van der Waals surface area (Å²) in [5, 5.41) is 110. The first kappa shape index (κ1) is 88.7. The number of rotatable bonds is 58. The van der Waals surface area contributed by atoms with Crippen LogP contribution in [-0.4, -0.2) is 204 Å². The molecule has 3 rings (SSSR count). The SMILES string of the molecule is CCCCCCCC/C=C\CCCCCC(=O)OC(COC(=O)CCCCC/C=C\CCCCCCCCC)COP(=O)(O)OC1C(OC2OC(CO)C(O)C(O)C2O)C(O)C(O)C(O)C1OC1OC(COC(=O)CCCCCCCCCCCCCCCCC)C(O)C(O)C1O. The lowest BCUT2D eigenvalue weighted by Gasteiger charge is -2.49. The predicted octanol–water partition coefficient (Wildman–Crippen LogP) is 10.1. The number of unbranched alkanes of at least 4 members (excludes halogenated alkanes) is 33. The van der Waals surface area contributed by atoms with Crippen molar-refractivity contribution in [3.8, 4) is 0 Å². The molecular formula is C72H131O24P. The van der Waals surface area contributed by atoms with Crippen LogP contribution in [0.25, 0.3) is 0 Å². The number of allylic oxidation sites excluding steroid dienone is 4. The van der Waals surface area contributed by atoms with Crippen LogP contribution < -0.4 is 0 Å². The Morgan fingerprint density at radius 1 is 0.392 bits per heavy atom. The largest absolute Gasteiger partial charge is 0.472 e. The number of hydrogen-bond acceptors (Lipinski definition) is 23. The van der Waals surface area contributed by atoms with Gasteiger partial charge in [0.2, 0.25) is 0 Å². The van der Waals surface area contributed by atoms with Crippen molar-refractivity contribution in [2.45, 2.75) is 388 Å². The highest BCUT2D eigenvalue weighted by Gasteiger charge is 2.58. The van der Waals surface area contributed by atoms with E-state index in [1.54, 1.807) is 0 Å². The maximum Gasteiger partial charge on any atom is 0.472 e. The molecule has 2 heterocycles. The van der Waals surface area contributed by atoms with Gasteiger partial charge in [0.25, 0.3) is 0 Å². The number of esters is 3. The van der Waals surface area contributed by atoms with Crippen molar-refractivity contribution in [1.29, 1.82) is 0 Å². The molecule has 2 saturated heterocycles. The molecule has 11 N–H and O–H groups in total. The second-order valence-corrected chi connectivity index (χ2v) is 28.4. The van der Waals surface area contributed by atoms with Crippen molar-refractivity contribution in [2.75, 3.05) is 26.4 Å². The zero-order chi connectivity index (χ0) is 71.1. The number of aliphatic hydroxyl groups is 10. The topological polar surface area (TPSA) is 374 Å². The zero-order valence-corrected chi connectivity index (χ0v) is 60.0. The predicted molar refractivity (Wildman–Crippen MR) is 365 cm³/mol. The van der Waals surface area contributed by atoms with Gasteiger partial charge in [0, 0.05) is 19.3 Å². The van der Waals surface area contributed by atoms with Gasteiger partial charge in [-0.1, -0.05) is 218 Å². The summed E-state index contributed by atoms with van der Waals surface area (Å²) in [7, 11) is -5.70. The van der Waals surface area contributed by atoms with Gasteiger partial charge in [0.15, 0.2) is 18.7 Å². The van der Waals surface area contributed by atoms with E-state index in [1.165, 1.54) is 128 Å². The van der Waals surface area contributed by atoms with E-state index in [2.05, 4.69) is 45.1 Å². The molecule has 0 spiro atoms. The lowest BCUT2D eigenvalue weighted by molar-refractivity contribution is -0.360. The highest BCUT2D eigenvalue weighted by molar-refractivity contribution is 7.47. The number of hydrogen-bond donors (Lipinski definition) is 11. The third kappa shape index (κ3) is 37.4. The van der Waals surface area contributed by atoms with Crippen molar-refractivity contribution in [3.05, 3.63) is 24.3 Å². The lowest BCUT2D eigenvalue weighted by Crippen LogP contribution is -2.69.